The van der Waals surface area contributed by atoms with Gasteiger partial charge in [-0.2, -0.15) is 0 Å². The van der Waals surface area contributed by atoms with Gasteiger partial charge in [-0.1, -0.05) is 0 Å². The van der Waals surface area contributed by atoms with Crippen LogP contribution in [0.5, 0.6) is 0 Å². The Bertz CT molecular complexity index is 304. The Kier molecular flexibility index (Phi) is 2.88. The summed E-state index contributed by atoms with van der Waals surface area (Å²) in [6.45, 7) is 4.08. The van der Waals surface area contributed by atoms with Crippen LogP contribution in [-0.4, -0.2) is 53.3 Å². The first-order valence-corrected chi connectivity index (χ1v) is 5.87. The molecule has 16 heavy (non-hydrogen) atoms. The molecule has 1 aliphatic heterocycles. The zero-order valence-electron chi connectivity index (χ0n) is 9.74. The van der Waals surface area contributed by atoms with Crippen molar-refractivity contribution in [3.05, 3.63) is 0 Å². The maximum absolute atomic E-state index is 12.1. The van der Waals surface area contributed by atoms with E-state index in [-0.39, 0.29) is 11.8 Å². The van der Waals surface area contributed by atoms with Gasteiger partial charge in [-0.25, -0.2) is 0 Å². The summed E-state index contributed by atoms with van der Waals surface area (Å²) in [5, 5.41) is 0. The lowest BCUT2D eigenvalue weighted by molar-refractivity contribution is -0.144. The van der Waals surface area contributed by atoms with Crippen molar-refractivity contribution in [1.82, 2.24) is 9.80 Å². The first-order chi connectivity index (χ1) is 7.53. The van der Waals surface area contributed by atoms with Gasteiger partial charge in [0, 0.05) is 33.1 Å². The number of carbonyl (C=O) groups is 2. The van der Waals surface area contributed by atoms with Crippen LogP contribution in [0.2, 0.25) is 0 Å². The minimum Gasteiger partial charge on any atom is -0.339 e. The number of rotatable bonds is 1. The molecule has 90 valence electrons. The van der Waals surface area contributed by atoms with E-state index in [0.29, 0.717) is 26.2 Å². The number of hydrogen-bond acceptors (Lipinski definition) is 3. The summed E-state index contributed by atoms with van der Waals surface area (Å²) < 4.78 is 0. The Balaban J connectivity index is 1.89. The van der Waals surface area contributed by atoms with Gasteiger partial charge < -0.3 is 15.5 Å². The third-order valence-electron chi connectivity index (χ3n) is 3.68. The SMILES string of the molecule is CC(=O)N1CCN(C(=O)C2(N)CCC2)CC1. The predicted molar refractivity (Wildman–Crippen MR) is 59.6 cm³/mol. The Morgan fingerprint density at radius 3 is 1.94 bits per heavy atom. The molecule has 0 bridgehead atoms. The van der Waals surface area contributed by atoms with Crippen LogP contribution in [0.4, 0.5) is 0 Å². The minimum absolute atomic E-state index is 0.0713. The summed E-state index contributed by atoms with van der Waals surface area (Å²) in [5.41, 5.74) is 5.40. The summed E-state index contributed by atoms with van der Waals surface area (Å²) >= 11 is 0. The Labute approximate surface area is 95.6 Å². The second-order valence-electron chi connectivity index (χ2n) is 4.81. The van der Waals surface area contributed by atoms with Crippen molar-refractivity contribution in [2.75, 3.05) is 26.2 Å². The summed E-state index contributed by atoms with van der Waals surface area (Å²) in [4.78, 5) is 26.8. The van der Waals surface area contributed by atoms with E-state index in [1.165, 1.54) is 0 Å². The molecule has 0 atom stereocenters. The van der Waals surface area contributed by atoms with Crippen LogP contribution >= 0.6 is 0 Å². The van der Waals surface area contributed by atoms with Gasteiger partial charge in [-0.05, 0) is 19.3 Å². The van der Waals surface area contributed by atoms with Gasteiger partial charge >= 0.3 is 0 Å². The molecule has 1 aliphatic carbocycles. The predicted octanol–water partition coefficient (Wildman–Crippen LogP) is -0.441. The molecule has 0 aromatic heterocycles. The van der Waals surface area contributed by atoms with Crippen molar-refractivity contribution in [2.45, 2.75) is 31.7 Å². The van der Waals surface area contributed by atoms with Gasteiger partial charge in [0.15, 0.2) is 0 Å². The lowest BCUT2D eigenvalue weighted by Gasteiger charge is -2.43. The highest BCUT2D eigenvalue weighted by molar-refractivity contribution is 5.87. The highest BCUT2D eigenvalue weighted by Gasteiger charge is 2.43. The van der Waals surface area contributed by atoms with Gasteiger partial charge in [-0.3, -0.25) is 9.59 Å². The average molecular weight is 225 g/mol. The lowest BCUT2D eigenvalue weighted by Crippen LogP contribution is -2.62. The largest absolute Gasteiger partial charge is 0.339 e. The van der Waals surface area contributed by atoms with Crippen molar-refractivity contribution in [1.29, 1.82) is 0 Å². The van der Waals surface area contributed by atoms with Crippen molar-refractivity contribution >= 4 is 11.8 Å². The number of hydrogen-bond donors (Lipinski definition) is 1. The summed E-state index contributed by atoms with van der Waals surface area (Å²) in [6, 6.07) is 0. The van der Waals surface area contributed by atoms with Crippen LogP contribution < -0.4 is 5.73 Å². The standard InChI is InChI=1S/C11H19N3O2/c1-9(15)13-5-7-14(8-6-13)10(16)11(12)3-2-4-11/h2-8,12H2,1H3. The molecular weight excluding hydrogens is 206 g/mol. The molecule has 0 aromatic carbocycles. The van der Waals surface area contributed by atoms with Crippen LogP contribution in [-0.2, 0) is 9.59 Å². The smallest absolute Gasteiger partial charge is 0.242 e. The van der Waals surface area contributed by atoms with Crippen LogP contribution in [0, 0.1) is 0 Å². The van der Waals surface area contributed by atoms with Gasteiger partial charge in [0.1, 0.15) is 0 Å². The summed E-state index contributed by atoms with van der Waals surface area (Å²) in [5.74, 6) is 0.153. The van der Waals surface area contributed by atoms with E-state index in [2.05, 4.69) is 0 Å². The second kappa shape index (κ2) is 4.05. The first kappa shape index (κ1) is 11.4. The zero-order valence-corrected chi connectivity index (χ0v) is 9.74. The van der Waals surface area contributed by atoms with E-state index >= 15 is 0 Å². The minimum atomic E-state index is -0.599. The van der Waals surface area contributed by atoms with Crippen molar-refractivity contribution in [3.8, 4) is 0 Å². The molecule has 2 N–H and O–H groups in total. The quantitative estimate of drug-likeness (QED) is 0.658. The van der Waals surface area contributed by atoms with Crippen molar-refractivity contribution in [2.24, 2.45) is 5.73 Å². The van der Waals surface area contributed by atoms with Crippen LogP contribution in [0.1, 0.15) is 26.2 Å². The second-order valence-corrected chi connectivity index (χ2v) is 4.81. The molecule has 0 spiro atoms. The third-order valence-corrected chi connectivity index (χ3v) is 3.68. The molecule has 5 heteroatoms. The first-order valence-electron chi connectivity index (χ1n) is 5.87. The fraction of sp³-hybridized carbons (Fsp3) is 0.818. The number of nitrogens with two attached hydrogens (primary N) is 1. The molecule has 1 saturated heterocycles. The molecule has 0 unspecified atom stereocenters. The van der Waals surface area contributed by atoms with Crippen LogP contribution in [0.3, 0.4) is 0 Å². The molecule has 0 radical (unpaired) electrons. The van der Waals surface area contributed by atoms with Gasteiger partial charge in [0.05, 0.1) is 5.54 Å². The molecule has 2 rings (SSSR count). The molecule has 2 aliphatic rings. The maximum atomic E-state index is 12.1. The molecule has 1 saturated carbocycles. The van der Waals surface area contributed by atoms with E-state index in [1.54, 1.807) is 16.7 Å². The Hall–Kier alpha value is -1.10. The fourth-order valence-electron chi connectivity index (χ4n) is 2.31. The Morgan fingerprint density at radius 2 is 1.56 bits per heavy atom. The monoisotopic (exact) mass is 225 g/mol. The Morgan fingerprint density at radius 1 is 1.06 bits per heavy atom. The zero-order chi connectivity index (χ0) is 11.8. The van der Waals surface area contributed by atoms with Gasteiger partial charge in [-0.15, -0.1) is 0 Å². The van der Waals surface area contributed by atoms with E-state index < -0.39 is 5.54 Å². The number of piperazine rings is 1. The van der Waals surface area contributed by atoms with E-state index in [0.717, 1.165) is 19.3 Å². The molecule has 2 fully saturated rings. The topological polar surface area (TPSA) is 66.6 Å². The average Bonchev–Trinajstić information content (AvgIpc) is 2.25. The lowest BCUT2D eigenvalue weighted by atomic mass is 9.76. The van der Waals surface area contributed by atoms with Gasteiger partial charge in [0.2, 0.25) is 11.8 Å². The molecule has 1 heterocycles. The summed E-state index contributed by atoms with van der Waals surface area (Å²) in [6.07, 6.45) is 2.66. The van der Waals surface area contributed by atoms with Crippen LogP contribution in [0.15, 0.2) is 0 Å². The van der Waals surface area contributed by atoms with E-state index in [9.17, 15) is 9.59 Å². The van der Waals surface area contributed by atoms with E-state index in [4.69, 9.17) is 5.73 Å². The maximum Gasteiger partial charge on any atom is 0.242 e. The highest BCUT2D eigenvalue weighted by atomic mass is 16.2. The fourth-order valence-corrected chi connectivity index (χ4v) is 2.31. The molecule has 5 nitrogen and oxygen atoms in total. The number of carbonyl (C=O) groups excluding carboxylic acids is 2. The van der Waals surface area contributed by atoms with E-state index in [1.807, 2.05) is 0 Å². The van der Waals surface area contributed by atoms with Crippen LogP contribution in [0.25, 0.3) is 0 Å². The number of nitrogens with zero attached hydrogens (tertiary/aromatic N) is 2. The van der Waals surface area contributed by atoms with Gasteiger partial charge in [0.25, 0.3) is 0 Å². The molecule has 0 aromatic rings. The molecular formula is C11H19N3O2. The number of amides is 2. The normalized spacial score (nSPS) is 23.9. The van der Waals surface area contributed by atoms with Crippen molar-refractivity contribution < 1.29 is 9.59 Å². The summed E-state index contributed by atoms with van der Waals surface area (Å²) in [7, 11) is 0. The highest BCUT2D eigenvalue weighted by Crippen LogP contribution is 2.31. The van der Waals surface area contributed by atoms with Crippen molar-refractivity contribution in [3.63, 3.8) is 0 Å². The third kappa shape index (κ3) is 1.91. The molecule has 2 amide bonds.